The minimum Gasteiger partial charge on any atom is -0.494 e. The van der Waals surface area contributed by atoms with Crippen molar-refractivity contribution in [2.75, 3.05) is 19.7 Å². The summed E-state index contributed by atoms with van der Waals surface area (Å²) in [7, 11) is 0. The minimum atomic E-state index is -3.07. The van der Waals surface area contributed by atoms with Gasteiger partial charge in [0.1, 0.15) is 11.4 Å². The van der Waals surface area contributed by atoms with Gasteiger partial charge in [-0.15, -0.1) is 0 Å². The summed E-state index contributed by atoms with van der Waals surface area (Å²) < 4.78 is 37.8. The number of rotatable bonds is 8. The number of carbonyl (C=O) groups excluding carboxylic acids is 1. The smallest absolute Gasteiger partial charge is 0.407 e. The standard InChI is InChI=1S/C17H26F2N2O3/c1-5-23-14-8-6-7-13(9-14)10-20-11-17(18,19)12-21-15(22)24-16(2,3)4/h6-9,20H,5,10-12H2,1-4H3,(H,21,22). The summed E-state index contributed by atoms with van der Waals surface area (Å²) in [4.78, 5) is 11.4. The second kappa shape index (κ2) is 8.82. The Morgan fingerprint density at radius 3 is 2.54 bits per heavy atom. The number of alkyl carbamates (subject to hydrolysis) is 1. The number of amides is 1. The molecule has 0 atom stereocenters. The summed E-state index contributed by atoms with van der Waals surface area (Å²) in [6.45, 7) is 6.38. The number of hydrogen-bond acceptors (Lipinski definition) is 4. The molecule has 0 heterocycles. The van der Waals surface area contributed by atoms with E-state index in [1.165, 1.54) is 0 Å². The predicted octanol–water partition coefficient (Wildman–Crippen LogP) is 3.33. The summed E-state index contributed by atoms with van der Waals surface area (Å²) in [6.07, 6.45) is -0.855. The molecule has 24 heavy (non-hydrogen) atoms. The number of hydrogen-bond donors (Lipinski definition) is 2. The van der Waals surface area contributed by atoms with Crippen molar-refractivity contribution in [1.82, 2.24) is 10.6 Å². The summed E-state index contributed by atoms with van der Waals surface area (Å²) in [6, 6.07) is 7.25. The van der Waals surface area contributed by atoms with Gasteiger partial charge in [0, 0.05) is 6.54 Å². The van der Waals surface area contributed by atoms with E-state index in [0.29, 0.717) is 12.4 Å². The van der Waals surface area contributed by atoms with Crippen LogP contribution in [-0.4, -0.2) is 37.3 Å². The maximum absolute atomic E-state index is 13.8. The van der Waals surface area contributed by atoms with Gasteiger partial charge in [0.05, 0.1) is 19.7 Å². The second-order valence-electron chi connectivity index (χ2n) is 6.40. The van der Waals surface area contributed by atoms with Crippen LogP contribution in [0.25, 0.3) is 0 Å². The Morgan fingerprint density at radius 1 is 1.21 bits per heavy atom. The molecule has 2 N–H and O–H groups in total. The fourth-order valence-corrected chi connectivity index (χ4v) is 1.88. The Hall–Kier alpha value is -1.89. The lowest BCUT2D eigenvalue weighted by atomic mass is 10.2. The molecule has 0 aliphatic heterocycles. The predicted molar refractivity (Wildman–Crippen MR) is 88.5 cm³/mol. The first kappa shape index (κ1) is 20.2. The van der Waals surface area contributed by atoms with Crippen LogP contribution in [-0.2, 0) is 11.3 Å². The van der Waals surface area contributed by atoms with Gasteiger partial charge < -0.3 is 20.1 Å². The molecular formula is C17H26F2N2O3. The highest BCUT2D eigenvalue weighted by Crippen LogP contribution is 2.15. The van der Waals surface area contributed by atoms with E-state index in [2.05, 4.69) is 10.6 Å². The van der Waals surface area contributed by atoms with Crippen LogP contribution in [0.3, 0.4) is 0 Å². The first-order valence-electron chi connectivity index (χ1n) is 7.88. The van der Waals surface area contributed by atoms with Gasteiger partial charge in [-0.2, -0.15) is 0 Å². The third-order valence-corrected chi connectivity index (χ3v) is 2.81. The second-order valence-corrected chi connectivity index (χ2v) is 6.40. The van der Waals surface area contributed by atoms with Crippen LogP contribution in [0.15, 0.2) is 24.3 Å². The largest absolute Gasteiger partial charge is 0.494 e. The normalized spacial score (nSPS) is 11.9. The van der Waals surface area contributed by atoms with Gasteiger partial charge in [0.15, 0.2) is 0 Å². The Balaban J connectivity index is 2.37. The van der Waals surface area contributed by atoms with Gasteiger partial charge in [0.2, 0.25) is 0 Å². The molecule has 0 unspecified atom stereocenters. The molecule has 1 rings (SSSR count). The van der Waals surface area contributed by atoms with Crippen molar-refractivity contribution in [1.29, 1.82) is 0 Å². The number of carbonyl (C=O) groups is 1. The van der Waals surface area contributed by atoms with Crippen LogP contribution in [0.5, 0.6) is 5.75 Å². The zero-order valence-electron chi connectivity index (χ0n) is 14.6. The van der Waals surface area contributed by atoms with E-state index in [0.717, 1.165) is 5.56 Å². The van der Waals surface area contributed by atoms with Gasteiger partial charge >= 0.3 is 6.09 Å². The van der Waals surface area contributed by atoms with E-state index >= 15 is 0 Å². The summed E-state index contributed by atoms with van der Waals surface area (Å²) in [5.74, 6) is -2.37. The minimum absolute atomic E-state index is 0.281. The van der Waals surface area contributed by atoms with Crippen LogP contribution >= 0.6 is 0 Å². The first-order chi connectivity index (χ1) is 11.1. The van der Waals surface area contributed by atoms with Crippen molar-refractivity contribution in [2.45, 2.75) is 45.8 Å². The van der Waals surface area contributed by atoms with E-state index in [1.807, 2.05) is 25.1 Å². The zero-order chi connectivity index (χ0) is 18.2. The monoisotopic (exact) mass is 344 g/mol. The number of alkyl halides is 2. The quantitative estimate of drug-likeness (QED) is 0.759. The number of benzene rings is 1. The van der Waals surface area contributed by atoms with Crippen LogP contribution in [0, 0.1) is 0 Å². The van der Waals surface area contributed by atoms with Crippen molar-refractivity contribution < 1.29 is 23.0 Å². The fraction of sp³-hybridized carbons (Fsp3) is 0.588. The Bertz CT molecular complexity index is 531. The van der Waals surface area contributed by atoms with Crippen LogP contribution in [0.4, 0.5) is 13.6 Å². The molecule has 7 heteroatoms. The summed E-state index contributed by atoms with van der Waals surface area (Å²) >= 11 is 0. The molecule has 5 nitrogen and oxygen atoms in total. The van der Waals surface area contributed by atoms with Crippen LogP contribution < -0.4 is 15.4 Å². The van der Waals surface area contributed by atoms with Crippen LogP contribution in [0.2, 0.25) is 0 Å². The SMILES string of the molecule is CCOc1cccc(CNCC(F)(F)CNC(=O)OC(C)(C)C)c1. The maximum Gasteiger partial charge on any atom is 0.407 e. The van der Waals surface area contributed by atoms with Crippen molar-refractivity contribution in [2.24, 2.45) is 0 Å². The van der Waals surface area contributed by atoms with Gasteiger partial charge in [-0.05, 0) is 45.4 Å². The lowest BCUT2D eigenvalue weighted by Crippen LogP contribution is -2.44. The average molecular weight is 344 g/mol. The molecule has 0 aliphatic carbocycles. The molecular weight excluding hydrogens is 318 g/mol. The Labute approximate surface area is 141 Å². The highest BCUT2D eigenvalue weighted by atomic mass is 19.3. The molecule has 1 aromatic carbocycles. The molecule has 0 saturated carbocycles. The summed E-state index contributed by atoms with van der Waals surface area (Å²) in [5.41, 5.74) is 0.125. The lowest BCUT2D eigenvalue weighted by molar-refractivity contribution is -0.00376. The number of nitrogens with one attached hydrogen (secondary N) is 2. The number of halogens is 2. The highest BCUT2D eigenvalue weighted by molar-refractivity contribution is 5.67. The van der Waals surface area contributed by atoms with Gasteiger partial charge in [-0.1, -0.05) is 12.1 Å². The molecule has 1 aromatic rings. The number of ether oxygens (including phenoxy) is 2. The maximum atomic E-state index is 13.8. The molecule has 0 bridgehead atoms. The van der Waals surface area contributed by atoms with Gasteiger partial charge in [-0.3, -0.25) is 0 Å². The zero-order valence-corrected chi connectivity index (χ0v) is 14.6. The molecule has 0 spiro atoms. The van der Waals surface area contributed by atoms with Crippen molar-refractivity contribution in [3.8, 4) is 5.75 Å². The van der Waals surface area contributed by atoms with Crippen molar-refractivity contribution in [3.05, 3.63) is 29.8 Å². The molecule has 0 radical (unpaired) electrons. The van der Waals surface area contributed by atoms with Gasteiger partial charge in [-0.25, -0.2) is 13.6 Å². The molecule has 0 aromatic heterocycles. The molecule has 136 valence electrons. The van der Waals surface area contributed by atoms with E-state index in [4.69, 9.17) is 9.47 Å². The summed E-state index contributed by atoms with van der Waals surface area (Å²) in [5, 5.41) is 4.77. The van der Waals surface area contributed by atoms with E-state index < -0.39 is 30.7 Å². The van der Waals surface area contributed by atoms with E-state index in [9.17, 15) is 13.6 Å². The third-order valence-electron chi connectivity index (χ3n) is 2.81. The third kappa shape index (κ3) is 8.67. The lowest BCUT2D eigenvalue weighted by Gasteiger charge is -2.22. The van der Waals surface area contributed by atoms with Gasteiger partial charge in [0.25, 0.3) is 5.92 Å². The average Bonchev–Trinajstić information content (AvgIpc) is 2.44. The Kier molecular flexibility index (Phi) is 7.41. The fourth-order valence-electron chi connectivity index (χ4n) is 1.88. The van der Waals surface area contributed by atoms with Crippen molar-refractivity contribution in [3.63, 3.8) is 0 Å². The van der Waals surface area contributed by atoms with E-state index in [1.54, 1.807) is 26.8 Å². The molecule has 0 saturated heterocycles. The highest BCUT2D eigenvalue weighted by Gasteiger charge is 2.30. The van der Waals surface area contributed by atoms with E-state index in [-0.39, 0.29) is 6.54 Å². The first-order valence-corrected chi connectivity index (χ1v) is 7.88. The topological polar surface area (TPSA) is 59.6 Å². The van der Waals surface area contributed by atoms with Crippen LogP contribution in [0.1, 0.15) is 33.3 Å². The molecule has 0 aliphatic rings. The molecule has 1 amide bonds. The Morgan fingerprint density at radius 2 is 1.92 bits per heavy atom. The molecule has 0 fully saturated rings. The van der Waals surface area contributed by atoms with Crippen molar-refractivity contribution >= 4 is 6.09 Å².